The number of amides is 2. The topological polar surface area (TPSA) is 79.6 Å². The Morgan fingerprint density at radius 1 is 1.08 bits per heavy atom. The van der Waals surface area contributed by atoms with Gasteiger partial charge in [0.05, 0.1) is 0 Å². The first-order valence-electron chi connectivity index (χ1n) is 8.27. The van der Waals surface area contributed by atoms with Gasteiger partial charge in [0.15, 0.2) is 0 Å². The van der Waals surface area contributed by atoms with Gasteiger partial charge in [0.1, 0.15) is 5.58 Å². The predicted octanol–water partition coefficient (Wildman–Crippen LogP) is 2.95. The quantitative estimate of drug-likeness (QED) is 0.722. The fourth-order valence-electron chi connectivity index (χ4n) is 3.22. The number of rotatable bonds is 2. The van der Waals surface area contributed by atoms with Crippen LogP contribution in [-0.4, -0.2) is 18.4 Å². The molecule has 1 N–H and O–H groups in total. The van der Waals surface area contributed by atoms with Crippen molar-refractivity contribution >= 4 is 34.2 Å². The maximum Gasteiger partial charge on any atom is 0.336 e. The standard InChI is InChI=1S/C20H16N2O4/c1-12(23)22-9-8-13-10-15(2-5-17(13)22)20(25)21-16-4-6-18-14(11-16)3-7-19(24)26-18/h2-7,10-11H,8-9H2,1H3,(H,21,25). The first-order valence-corrected chi connectivity index (χ1v) is 8.27. The number of carbonyl (C=O) groups is 2. The van der Waals surface area contributed by atoms with Gasteiger partial charge in [-0.15, -0.1) is 0 Å². The second-order valence-electron chi connectivity index (χ2n) is 6.23. The third kappa shape index (κ3) is 2.86. The molecule has 6 heteroatoms. The number of carbonyl (C=O) groups excluding carboxylic acids is 2. The van der Waals surface area contributed by atoms with Gasteiger partial charge in [-0.25, -0.2) is 4.79 Å². The van der Waals surface area contributed by atoms with Crippen molar-refractivity contribution in [2.24, 2.45) is 0 Å². The minimum atomic E-state index is -0.410. The Kier molecular flexibility index (Phi) is 3.80. The van der Waals surface area contributed by atoms with Crippen LogP contribution in [0.25, 0.3) is 11.0 Å². The molecule has 3 aromatic rings. The number of anilines is 2. The Morgan fingerprint density at radius 2 is 1.92 bits per heavy atom. The van der Waals surface area contributed by atoms with Crippen LogP contribution in [0.15, 0.2) is 57.7 Å². The molecule has 1 aliphatic heterocycles. The van der Waals surface area contributed by atoms with Gasteiger partial charge >= 0.3 is 5.63 Å². The summed E-state index contributed by atoms with van der Waals surface area (Å²) >= 11 is 0. The first-order chi connectivity index (χ1) is 12.5. The zero-order valence-electron chi connectivity index (χ0n) is 14.1. The highest BCUT2D eigenvalue weighted by Gasteiger charge is 2.23. The largest absolute Gasteiger partial charge is 0.423 e. The normalized spacial score (nSPS) is 12.9. The van der Waals surface area contributed by atoms with Gasteiger partial charge in [-0.2, -0.15) is 0 Å². The Labute approximate surface area is 149 Å². The fourth-order valence-corrected chi connectivity index (χ4v) is 3.22. The van der Waals surface area contributed by atoms with E-state index in [0.29, 0.717) is 23.4 Å². The van der Waals surface area contributed by atoms with E-state index in [1.807, 2.05) is 12.1 Å². The van der Waals surface area contributed by atoms with Crippen molar-refractivity contribution in [2.75, 3.05) is 16.8 Å². The average molecular weight is 348 g/mol. The minimum absolute atomic E-state index is 0.00349. The highest BCUT2D eigenvalue weighted by atomic mass is 16.4. The van der Waals surface area contributed by atoms with E-state index in [0.717, 1.165) is 23.1 Å². The van der Waals surface area contributed by atoms with E-state index < -0.39 is 5.63 Å². The van der Waals surface area contributed by atoms with Crippen LogP contribution < -0.4 is 15.8 Å². The lowest BCUT2D eigenvalue weighted by atomic mass is 10.1. The van der Waals surface area contributed by atoms with E-state index in [4.69, 9.17) is 4.42 Å². The van der Waals surface area contributed by atoms with Crippen molar-refractivity contribution in [1.82, 2.24) is 0 Å². The molecule has 0 atom stereocenters. The molecule has 4 rings (SSSR count). The highest BCUT2D eigenvalue weighted by molar-refractivity contribution is 6.06. The molecule has 1 aliphatic rings. The second kappa shape index (κ2) is 6.15. The van der Waals surface area contributed by atoms with Crippen LogP contribution in [0.2, 0.25) is 0 Å². The molecular formula is C20H16N2O4. The van der Waals surface area contributed by atoms with Crippen LogP contribution >= 0.6 is 0 Å². The van der Waals surface area contributed by atoms with Gasteiger partial charge in [0.25, 0.3) is 5.91 Å². The van der Waals surface area contributed by atoms with Gasteiger partial charge in [0.2, 0.25) is 5.91 Å². The minimum Gasteiger partial charge on any atom is -0.423 e. The van der Waals surface area contributed by atoms with Crippen LogP contribution in [0.5, 0.6) is 0 Å². The summed E-state index contributed by atoms with van der Waals surface area (Å²) in [7, 11) is 0. The maximum absolute atomic E-state index is 12.6. The van der Waals surface area contributed by atoms with E-state index in [1.54, 1.807) is 35.2 Å². The van der Waals surface area contributed by atoms with Crippen LogP contribution in [-0.2, 0) is 11.2 Å². The Morgan fingerprint density at radius 3 is 2.73 bits per heavy atom. The summed E-state index contributed by atoms with van der Waals surface area (Å²) in [4.78, 5) is 37.1. The van der Waals surface area contributed by atoms with Crippen molar-refractivity contribution in [1.29, 1.82) is 0 Å². The molecular weight excluding hydrogens is 332 g/mol. The summed E-state index contributed by atoms with van der Waals surface area (Å²) in [5, 5.41) is 3.58. The van der Waals surface area contributed by atoms with Gasteiger partial charge in [-0.3, -0.25) is 9.59 Å². The zero-order chi connectivity index (χ0) is 18.3. The van der Waals surface area contributed by atoms with Crippen LogP contribution in [0.1, 0.15) is 22.8 Å². The summed E-state index contributed by atoms with van der Waals surface area (Å²) in [5.41, 5.74) is 3.07. The monoisotopic (exact) mass is 348 g/mol. The number of fused-ring (bicyclic) bond motifs is 2. The van der Waals surface area contributed by atoms with Gasteiger partial charge in [0, 0.05) is 41.9 Å². The Hall–Kier alpha value is -3.41. The smallest absolute Gasteiger partial charge is 0.336 e. The van der Waals surface area contributed by atoms with Crippen molar-refractivity contribution in [3.8, 4) is 0 Å². The van der Waals surface area contributed by atoms with Crippen molar-refractivity contribution < 1.29 is 14.0 Å². The predicted molar refractivity (Wildman–Crippen MR) is 98.6 cm³/mol. The Balaban J connectivity index is 1.58. The number of hydrogen-bond donors (Lipinski definition) is 1. The molecule has 0 saturated heterocycles. The van der Waals surface area contributed by atoms with Gasteiger partial charge in [-0.1, -0.05) is 0 Å². The third-order valence-electron chi connectivity index (χ3n) is 4.49. The molecule has 1 aromatic heterocycles. The fraction of sp³-hybridized carbons (Fsp3) is 0.150. The lowest BCUT2D eigenvalue weighted by Gasteiger charge is -2.14. The molecule has 6 nitrogen and oxygen atoms in total. The second-order valence-corrected chi connectivity index (χ2v) is 6.23. The average Bonchev–Trinajstić information content (AvgIpc) is 3.05. The van der Waals surface area contributed by atoms with Crippen molar-refractivity contribution in [3.63, 3.8) is 0 Å². The molecule has 0 unspecified atom stereocenters. The summed E-state index contributed by atoms with van der Waals surface area (Å²) in [6.07, 6.45) is 0.741. The van der Waals surface area contributed by atoms with E-state index in [9.17, 15) is 14.4 Å². The highest BCUT2D eigenvalue weighted by Crippen LogP contribution is 2.29. The van der Waals surface area contributed by atoms with Crippen LogP contribution in [0, 0.1) is 0 Å². The zero-order valence-corrected chi connectivity index (χ0v) is 14.1. The van der Waals surface area contributed by atoms with E-state index in [-0.39, 0.29) is 11.8 Å². The third-order valence-corrected chi connectivity index (χ3v) is 4.49. The number of hydrogen-bond acceptors (Lipinski definition) is 4. The molecule has 0 aliphatic carbocycles. The molecule has 2 amide bonds. The van der Waals surface area contributed by atoms with Crippen molar-refractivity contribution in [2.45, 2.75) is 13.3 Å². The molecule has 0 radical (unpaired) electrons. The molecule has 2 aromatic carbocycles. The molecule has 2 heterocycles. The molecule has 26 heavy (non-hydrogen) atoms. The lowest BCUT2D eigenvalue weighted by molar-refractivity contribution is -0.116. The number of nitrogens with zero attached hydrogens (tertiary/aromatic N) is 1. The molecule has 130 valence electrons. The maximum atomic E-state index is 12.6. The van der Waals surface area contributed by atoms with E-state index >= 15 is 0 Å². The molecule has 0 bridgehead atoms. The van der Waals surface area contributed by atoms with Gasteiger partial charge in [-0.05, 0) is 54.4 Å². The first kappa shape index (κ1) is 16.1. The molecule has 0 spiro atoms. The van der Waals surface area contributed by atoms with Gasteiger partial charge < -0.3 is 14.6 Å². The van der Waals surface area contributed by atoms with Crippen molar-refractivity contribution in [3.05, 3.63) is 70.1 Å². The summed E-state index contributed by atoms with van der Waals surface area (Å²) < 4.78 is 5.09. The Bertz CT molecular complexity index is 1100. The summed E-state index contributed by atoms with van der Waals surface area (Å²) in [6, 6.07) is 13.4. The van der Waals surface area contributed by atoms with Crippen LogP contribution in [0.3, 0.4) is 0 Å². The summed E-state index contributed by atoms with van der Waals surface area (Å²) in [5.74, 6) is -0.227. The molecule has 0 fully saturated rings. The molecule has 0 saturated carbocycles. The number of nitrogens with one attached hydrogen (secondary N) is 1. The number of benzene rings is 2. The lowest BCUT2D eigenvalue weighted by Crippen LogP contribution is -2.25. The van der Waals surface area contributed by atoms with E-state index in [2.05, 4.69) is 5.32 Å². The van der Waals surface area contributed by atoms with E-state index in [1.165, 1.54) is 13.0 Å². The SMILES string of the molecule is CC(=O)N1CCc2cc(C(=O)Nc3ccc4oc(=O)ccc4c3)ccc21. The van der Waals surface area contributed by atoms with Crippen LogP contribution in [0.4, 0.5) is 11.4 Å². The summed E-state index contributed by atoms with van der Waals surface area (Å²) in [6.45, 7) is 2.18.